The maximum atomic E-state index is 13.4. The van der Waals surface area contributed by atoms with Gasteiger partial charge >= 0.3 is 13.7 Å². The van der Waals surface area contributed by atoms with Crippen LogP contribution in [0, 0.1) is 5.92 Å². The second-order valence-electron chi connectivity index (χ2n) is 8.25. The minimum absolute atomic E-state index is 0.0376. The highest BCUT2D eigenvalue weighted by Gasteiger charge is 2.38. The molecule has 188 valence electrons. The summed E-state index contributed by atoms with van der Waals surface area (Å²) in [4.78, 5) is 24.2. The molecule has 1 aliphatic heterocycles. The second kappa shape index (κ2) is 10.2. The third-order valence-corrected chi connectivity index (χ3v) is 7.17. The van der Waals surface area contributed by atoms with Crippen molar-refractivity contribution >= 4 is 36.6 Å². The predicted molar refractivity (Wildman–Crippen MR) is 128 cm³/mol. The van der Waals surface area contributed by atoms with E-state index in [0.717, 1.165) is 0 Å². The van der Waals surface area contributed by atoms with Crippen LogP contribution in [0.3, 0.4) is 0 Å². The van der Waals surface area contributed by atoms with Crippen molar-refractivity contribution in [2.24, 2.45) is 5.92 Å². The van der Waals surface area contributed by atoms with Crippen molar-refractivity contribution in [2.45, 2.75) is 38.6 Å². The highest BCUT2D eigenvalue weighted by Crippen LogP contribution is 2.46. The number of nitrogen functional groups attached to an aromatic ring is 1. The van der Waals surface area contributed by atoms with E-state index in [1.165, 1.54) is 6.92 Å². The fraction of sp³-hybridized carbons (Fsp3) is 0.429. The Bertz CT molecular complexity index is 1240. The number of hydrogen-bond acceptors (Lipinski definition) is 10. The first kappa shape index (κ1) is 24.9. The number of hydrogen-bond donors (Lipinski definition) is 4. The van der Waals surface area contributed by atoms with Crippen LogP contribution in [-0.4, -0.2) is 56.4 Å². The van der Waals surface area contributed by atoms with E-state index in [-0.39, 0.29) is 24.2 Å². The van der Waals surface area contributed by atoms with Gasteiger partial charge in [0.15, 0.2) is 17.0 Å². The lowest BCUT2D eigenvalue weighted by molar-refractivity contribution is -0.138. The van der Waals surface area contributed by atoms with Crippen LogP contribution in [0.2, 0.25) is 0 Å². The van der Waals surface area contributed by atoms with Crippen molar-refractivity contribution in [3.8, 4) is 5.75 Å². The molecule has 5 N–H and O–H groups in total. The number of anilines is 2. The summed E-state index contributed by atoms with van der Waals surface area (Å²) in [5, 5.41) is 14.7. The zero-order valence-corrected chi connectivity index (χ0v) is 20.4. The van der Waals surface area contributed by atoms with E-state index < -0.39 is 32.1 Å². The molecular formula is C21H28N7O6P. The first-order valence-electron chi connectivity index (χ1n) is 11.0. The van der Waals surface area contributed by atoms with Gasteiger partial charge in [0.2, 0.25) is 5.95 Å². The number of ether oxygens (including phenoxy) is 1. The quantitative estimate of drug-likeness (QED) is 0.297. The Morgan fingerprint density at radius 3 is 2.80 bits per heavy atom. The standard InChI is InChI=1S/C21H28N7O6P/c1-12-9-15(33-19(12)28-11-24-16-17(23-3)25-21(22)26-18(16)28)10-32-35(31,27-13(2)20(29)30)34-14-7-5-4-6-8-14/h4-8,11-13,15,19H,9-10H2,1-3H3,(H,27,31)(H,29,30)(H3,22,23,25,26)/t12-,13-,15-,19+,35-/m0/s1. The van der Waals surface area contributed by atoms with Gasteiger partial charge in [-0.05, 0) is 25.5 Å². The first-order valence-corrected chi connectivity index (χ1v) is 12.6. The summed E-state index contributed by atoms with van der Waals surface area (Å²) in [6, 6.07) is 7.23. The zero-order valence-electron chi connectivity index (χ0n) is 19.5. The van der Waals surface area contributed by atoms with Crippen molar-refractivity contribution in [2.75, 3.05) is 24.7 Å². The molecular weight excluding hydrogens is 477 g/mol. The van der Waals surface area contributed by atoms with Gasteiger partial charge in [-0.3, -0.25) is 13.9 Å². The minimum Gasteiger partial charge on any atom is -0.480 e. The summed E-state index contributed by atoms with van der Waals surface area (Å²) >= 11 is 0. The molecule has 0 radical (unpaired) electrons. The van der Waals surface area contributed by atoms with Crippen molar-refractivity contribution in [3.05, 3.63) is 36.7 Å². The monoisotopic (exact) mass is 505 g/mol. The summed E-state index contributed by atoms with van der Waals surface area (Å²) < 4.78 is 32.6. The minimum atomic E-state index is -4.04. The topological polar surface area (TPSA) is 176 Å². The van der Waals surface area contributed by atoms with E-state index in [2.05, 4.69) is 25.4 Å². The summed E-state index contributed by atoms with van der Waals surface area (Å²) in [5.41, 5.74) is 6.93. The summed E-state index contributed by atoms with van der Waals surface area (Å²) in [6.07, 6.45) is 1.34. The van der Waals surface area contributed by atoms with Gasteiger partial charge in [-0.1, -0.05) is 25.1 Å². The molecule has 2 aromatic heterocycles. The van der Waals surface area contributed by atoms with Crippen LogP contribution in [0.25, 0.3) is 11.2 Å². The largest absolute Gasteiger partial charge is 0.480 e. The number of carbonyl (C=O) groups is 1. The third-order valence-electron chi connectivity index (χ3n) is 5.52. The van der Waals surface area contributed by atoms with E-state index in [0.29, 0.717) is 23.4 Å². The number of aromatic nitrogens is 4. The Morgan fingerprint density at radius 2 is 2.11 bits per heavy atom. The van der Waals surface area contributed by atoms with Crippen LogP contribution in [0.4, 0.5) is 11.8 Å². The number of benzene rings is 1. The van der Waals surface area contributed by atoms with Gasteiger partial charge < -0.3 is 25.4 Å². The van der Waals surface area contributed by atoms with Crippen molar-refractivity contribution in [3.63, 3.8) is 0 Å². The average Bonchev–Trinajstić information content (AvgIpc) is 3.40. The highest BCUT2D eigenvalue weighted by molar-refractivity contribution is 7.52. The fourth-order valence-electron chi connectivity index (χ4n) is 3.84. The summed E-state index contributed by atoms with van der Waals surface area (Å²) in [6.45, 7) is 3.27. The van der Waals surface area contributed by atoms with Crippen LogP contribution in [0.1, 0.15) is 26.5 Å². The third kappa shape index (κ3) is 5.54. The number of para-hydroxylation sites is 1. The number of rotatable bonds is 10. The van der Waals surface area contributed by atoms with Gasteiger partial charge in [-0.2, -0.15) is 15.1 Å². The normalized spacial score (nSPS) is 22.5. The number of carboxylic acid groups (broad SMARTS) is 1. The molecule has 3 heterocycles. The Hall–Kier alpha value is -3.25. The molecule has 0 amide bonds. The SMILES string of the molecule is CNc1nc(N)nc2c1ncn2[C@@H]1O[C@H](CO[P@@](=O)(N[C@@H](C)C(=O)O)Oc2ccccc2)C[C@@H]1C. The lowest BCUT2D eigenvalue weighted by Gasteiger charge is -2.23. The number of carboxylic acids is 1. The Labute approximate surface area is 201 Å². The lowest BCUT2D eigenvalue weighted by Crippen LogP contribution is -2.34. The number of fused-ring (bicyclic) bond motifs is 1. The molecule has 14 heteroatoms. The molecule has 13 nitrogen and oxygen atoms in total. The van der Waals surface area contributed by atoms with Gasteiger partial charge in [-0.25, -0.2) is 9.55 Å². The van der Waals surface area contributed by atoms with Crippen LogP contribution >= 0.6 is 7.75 Å². The number of nitrogens with one attached hydrogen (secondary N) is 2. The van der Waals surface area contributed by atoms with Gasteiger partial charge in [-0.15, -0.1) is 0 Å². The molecule has 1 aromatic carbocycles. The van der Waals surface area contributed by atoms with E-state index >= 15 is 0 Å². The maximum Gasteiger partial charge on any atom is 0.459 e. The first-order chi connectivity index (χ1) is 16.7. The molecule has 3 aromatic rings. The van der Waals surface area contributed by atoms with Gasteiger partial charge in [0.1, 0.15) is 18.0 Å². The smallest absolute Gasteiger partial charge is 0.459 e. The predicted octanol–water partition coefficient (Wildman–Crippen LogP) is 2.64. The van der Waals surface area contributed by atoms with Crippen LogP contribution in [0.15, 0.2) is 36.7 Å². The lowest BCUT2D eigenvalue weighted by atomic mass is 10.1. The van der Waals surface area contributed by atoms with Crippen LogP contribution in [-0.2, 0) is 18.6 Å². The van der Waals surface area contributed by atoms with Crippen molar-refractivity contribution in [1.29, 1.82) is 0 Å². The Balaban J connectivity index is 1.49. The van der Waals surface area contributed by atoms with Gasteiger partial charge in [0.05, 0.1) is 19.0 Å². The molecule has 4 rings (SSSR count). The molecule has 0 saturated carbocycles. The molecule has 0 spiro atoms. The number of aliphatic carboxylic acids is 1. The zero-order chi connectivity index (χ0) is 25.2. The number of nitrogens with zero attached hydrogens (tertiary/aromatic N) is 4. The Kier molecular flexibility index (Phi) is 7.22. The molecule has 0 aliphatic carbocycles. The maximum absolute atomic E-state index is 13.4. The summed E-state index contributed by atoms with van der Waals surface area (Å²) in [5.74, 6) is -0.260. The molecule has 1 aliphatic rings. The molecule has 1 fully saturated rings. The molecule has 0 bridgehead atoms. The van der Waals surface area contributed by atoms with Gasteiger partial charge in [0.25, 0.3) is 0 Å². The fourth-order valence-corrected chi connectivity index (χ4v) is 5.37. The van der Waals surface area contributed by atoms with E-state index in [9.17, 15) is 14.5 Å². The molecule has 1 saturated heterocycles. The van der Waals surface area contributed by atoms with E-state index in [4.69, 9.17) is 19.5 Å². The van der Waals surface area contributed by atoms with Gasteiger partial charge in [0, 0.05) is 13.0 Å². The highest BCUT2D eigenvalue weighted by atomic mass is 31.2. The number of imidazole rings is 1. The molecule has 0 unspecified atom stereocenters. The van der Waals surface area contributed by atoms with Crippen molar-refractivity contribution < 1.29 is 28.3 Å². The number of nitrogens with two attached hydrogens (primary N) is 1. The second-order valence-corrected chi connectivity index (χ2v) is 9.95. The van der Waals surface area contributed by atoms with Crippen molar-refractivity contribution in [1.82, 2.24) is 24.6 Å². The van der Waals surface area contributed by atoms with E-state index in [1.54, 1.807) is 48.3 Å². The van der Waals surface area contributed by atoms with Crippen LogP contribution < -0.4 is 20.7 Å². The van der Waals surface area contributed by atoms with E-state index in [1.807, 2.05) is 6.92 Å². The van der Waals surface area contributed by atoms with Crippen LogP contribution in [0.5, 0.6) is 5.75 Å². The molecule has 35 heavy (non-hydrogen) atoms. The Morgan fingerprint density at radius 1 is 1.37 bits per heavy atom. The molecule has 5 atom stereocenters. The average molecular weight is 505 g/mol. The summed E-state index contributed by atoms with van der Waals surface area (Å²) in [7, 11) is -2.32.